The number of carbonyl (C=O) groups is 1. The fourth-order valence-electron chi connectivity index (χ4n) is 3.05. The van der Waals surface area contributed by atoms with E-state index in [1.807, 2.05) is 42.5 Å². The first-order valence-electron chi connectivity index (χ1n) is 8.48. The van der Waals surface area contributed by atoms with Crippen molar-refractivity contribution in [2.45, 2.75) is 12.5 Å². The minimum atomic E-state index is -0.214. The quantitative estimate of drug-likeness (QED) is 0.753. The average molecular weight is 349 g/mol. The number of pyridine rings is 1. The van der Waals surface area contributed by atoms with Crippen LogP contribution in [0, 0.1) is 0 Å². The summed E-state index contributed by atoms with van der Waals surface area (Å²) in [6.45, 7) is 1.63. The summed E-state index contributed by atoms with van der Waals surface area (Å²) in [6.07, 6.45) is 6.04. The Hall–Kier alpha value is -3.42. The van der Waals surface area contributed by atoms with E-state index < -0.39 is 0 Å². The molecular weight excluding hydrogens is 330 g/mol. The number of anilines is 2. The van der Waals surface area contributed by atoms with Crippen LogP contribution in [0.1, 0.15) is 6.42 Å². The number of rotatable bonds is 4. The predicted molar refractivity (Wildman–Crippen MR) is 98.4 cm³/mol. The highest BCUT2D eigenvalue weighted by atomic mass is 16.2. The van der Waals surface area contributed by atoms with E-state index >= 15 is 0 Å². The zero-order valence-corrected chi connectivity index (χ0v) is 14.1. The van der Waals surface area contributed by atoms with Gasteiger partial charge in [0.15, 0.2) is 0 Å². The van der Waals surface area contributed by atoms with Crippen LogP contribution in [0.3, 0.4) is 0 Å². The van der Waals surface area contributed by atoms with Crippen LogP contribution >= 0.6 is 0 Å². The summed E-state index contributed by atoms with van der Waals surface area (Å²) >= 11 is 0. The van der Waals surface area contributed by atoms with E-state index in [-0.39, 0.29) is 12.1 Å². The Kier molecular flexibility index (Phi) is 4.46. The predicted octanol–water partition coefficient (Wildman–Crippen LogP) is 2.06. The van der Waals surface area contributed by atoms with Crippen LogP contribution in [0.2, 0.25) is 0 Å². The molecule has 0 saturated carbocycles. The van der Waals surface area contributed by atoms with Crippen molar-refractivity contribution >= 4 is 17.5 Å². The molecule has 2 aromatic heterocycles. The number of aromatic nitrogens is 4. The van der Waals surface area contributed by atoms with Crippen LogP contribution < -0.4 is 15.5 Å². The minimum absolute atomic E-state index is 0.0931. The van der Waals surface area contributed by atoms with E-state index in [4.69, 9.17) is 0 Å². The molecule has 4 rings (SSSR count). The Morgan fingerprint density at radius 1 is 1.15 bits per heavy atom. The third kappa shape index (κ3) is 3.64. The number of hydrogen-bond donors (Lipinski definition) is 2. The van der Waals surface area contributed by atoms with Crippen LogP contribution in [0.15, 0.2) is 61.1 Å². The van der Waals surface area contributed by atoms with Crippen LogP contribution in [-0.4, -0.2) is 45.1 Å². The van der Waals surface area contributed by atoms with Crippen molar-refractivity contribution in [3.63, 3.8) is 0 Å². The van der Waals surface area contributed by atoms with Gasteiger partial charge < -0.3 is 15.5 Å². The van der Waals surface area contributed by atoms with Crippen LogP contribution in [-0.2, 0) is 0 Å². The van der Waals surface area contributed by atoms with Crippen molar-refractivity contribution < 1.29 is 4.79 Å². The maximum Gasteiger partial charge on any atom is 0.319 e. The molecule has 8 nitrogen and oxygen atoms in total. The second kappa shape index (κ2) is 7.22. The first-order chi connectivity index (χ1) is 12.8. The van der Waals surface area contributed by atoms with Crippen molar-refractivity contribution in [3.05, 3.63) is 61.1 Å². The lowest BCUT2D eigenvalue weighted by molar-refractivity contribution is 0.249. The molecule has 0 radical (unpaired) electrons. The van der Waals surface area contributed by atoms with Gasteiger partial charge in [-0.15, -0.1) is 5.10 Å². The molecule has 2 amide bonds. The van der Waals surface area contributed by atoms with E-state index in [9.17, 15) is 4.79 Å². The summed E-state index contributed by atoms with van der Waals surface area (Å²) in [4.78, 5) is 18.9. The summed E-state index contributed by atoms with van der Waals surface area (Å²) in [5.74, 6) is 0.942. The fourth-order valence-corrected chi connectivity index (χ4v) is 3.05. The van der Waals surface area contributed by atoms with E-state index in [0.29, 0.717) is 5.69 Å². The lowest BCUT2D eigenvalue weighted by Crippen LogP contribution is -2.39. The second-order valence-electron chi connectivity index (χ2n) is 6.12. The van der Waals surface area contributed by atoms with Crippen molar-refractivity contribution in [2.24, 2.45) is 0 Å². The number of nitrogens with one attached hydrogen (secondary N) is 2. The van der Waals surface area contributed by atoms with Crippen LogP contribution in [0.5, 0.6) is 0 Å². The zero-order valence-electron chi connectivity index (χ0n) is 14.1. The maximum atomic E-state index is 12.3. The molecule has 1 aromatic carbocycles. The van der Waals surface area contributed by atoms with Crippen molar-refractivity contribution in [3.8, 4) is 5.69 Å². The molecule has 26 heavy (non-hydrogen) atoms. The van der Waals surface area contributed by atoms with Gasteiger partial charge in [0.2, 0.25) is 0 Å². The molecule has 0 bridgehead atoms. The summed E-state index contributed by atoms with van der Waals surface area (Å²) in [5.41, 5.74) is 1.54. The first kappa shape index (κ1) is 16.1. The summed E-state index contributed by atoms with van der Waals surface area (Å²) < 4.78 is 1.64. The molecule has 1 fully saturated rings. The van der Waals surface area contributed by atoms with Gasteiger partial charge in [0.25, 0.3) is 0 Å². The van der Waals surface area contributed by atoms with Gasteiger partial charge in [-0.3, -0.25) is 0 Å². The summed E-state index contributed by atoms with van der Waals surface area (Å²) in [6, 6.07) is 13.2. The van der Waals surface area contributed by atoms with Crippen molar-refractivity contribution in [2.75, 3.05) is 23.3 Å². The van der Waals surface area contributed by atoms with E-state index in [2.05, 4.69) is 30.8 Å². The number of nitrogens with zero attached hydrogens (tertiary/aromatic N) is 5. The number of amides is 2. The molecule has 3 aromatic rings. The Morgan fingerprint density at radius 2 is 2.12 bits per heavy atom. The van der Waals surface area contributed by atoms with Crippen LogP contribution in [0.4, 0.5) is 16.3 Å². The van der Waals surface area contributed by atoms with Gasteiger partial charge in [-0.05, 0) is 36.8 Å². The molecule has 0 spiro atoms. The van der Waals surface area contributed by atoms with E-state index in [1.54, 1.807) is 23.3 Å². The van der Waals surface area contributed by atoms with Gasteiger partial charge in [0, 0.05) is 31.0 Å². The van der Waals surface area contributed by atoms with Gasteiger partial charge in [0.1, 0.15) is 5.82 Å². The lowest BCUT2D eigenvalue weighted by atomic mass is 10.2. The highest BCUT2D eigenvalue weighted by Crippen LogP contribution is 2.18. The third-order valence-corrected chi connectivity index (χ3v) is 4.29. The topological polar surface area (TPSA) is 88.0 Å². The molecule has 1 aliphatic rings. The Labute approximate surface area is 150 Å². The molecule has 1 atom stereocenters. The highest BCUT2D eigenvalue weighted by Gasteiger charge is 2.24. The molecule has 3 heterocycles. The van der Waals surface area contributed by atoms with Crippen LogP contribution in [0.25, 0.3) is 5.69 Å². The Bertz CT molecular complexity index is 866. The number of carbonyl (C=O) groups excluding carboxylic acids is 1. The fraction of sp³-hybridized carbons (Fsp3) is 0.222. The smallest absolute Gasteiger partial charge is 0.319 e. The van der Waals surface area contributed by atoms with E-state index in [0.717, 1.165) is 31.0 Å². The van der Waals surface area contributed by atoms with Gasteiger partial charge >= 0.3 is 6.03 Å². The molecule has 0 unspecified atom stereocenters. The molecular formula is C18H19N7O. The molecule has 1 aliphatic heterocycles. The molecule has 1 saturated heterocycles. The maximum absolute atomic E-state index is 12.3. The normalized spacial score (nSPS) is 16.5. The summed E-state index contributed by atoms with van der Waals surface area (Å²) in [5, 5.41) is 13.7. The van der Waals surface area contributed by atoms with Crippen molar-refractivity contribution in [1.82, 2.24) is 25.3 Å². The molecule has 0 aliphatic carbocycles. The minimum Gasteiger partial charge on any atom is -0.354 e. The van der Waals surface area contributed by atoms with E-state index in [1.165, 1.54) is 0 Å². The average Bonchev–Trinajstić information content (AvgIpc) is 3.35. The SMILES string of the molecule is O=C(Nc1cccc(-n2ccnn2)c1)N[C@@H]1CCN(c2ccccn2)C1. The lowest BCUT2D eigenvalue weighted by Gasteiger charge is -2.18. The standard InChI is InChI=1S/C18H19N7O/c26-18(21-14-4-3-5-16(12-14)25-11-9-20-23-25)22-15-7-10-24(13-15)17-6-1-2-8-19-17/h1-6,8-9,11-12,15H,7,10,13H2,(H2,21,22,26)/t15-/m1/s1. The monoisotopic (exact) mass is 349 g/mol. The number of urea groups is 1. The molecule has 8 heteroatoms. The number of hydrogen-bond acceptors (Lipinski definition) is 5. The largest absolute Gasteiger partial charge is 0.354 e. The Morgan fingerprint density at radius 3 is 2.92 bits per heavy atom. The third-order valence-electron chi connectivity index (χ3n) is 4.29. The first-order valence-corrected chi connectivity index (χ1v) is 8.48. The van der Waals surface area contributed by atoms with Gasteiger partial charge in [-0.2, -0.15) is 0 Å². The van der Waals surface area contributed by atoms with Gasteiger partial charge in [-0.25, -0.2) is 14.5 Å². The summed E-state index contributed by atoms with van der Waals surface area (Å²) in [7, 11) is 0. The number of benzene rings is 1. The second-order valence-corrected chi connectivity index (χ2v) is 6.12. The molecule has 132 valence electrons. The van der Waals surface area contributed by atoms with Gasteiger partial charge in [0.05, 0.1) is 18.1 Å². The zero-order chi connectivity index (χ0) is 17.8. The Balaban J connectivity index is 1.34. The highest BCUT2D eigenvalue weighted by molar-refractivity contribution is 5.89. The van der Waals surface area contributed by atoms with Crippen molar-refractivity contribution in [1.29, 1.82) is 0 Å². The molecule has 2 N–H and O–H groups in total. The van der Waals surface area contributed by atoms with Gasteiger partial charge in [-0.1, -0.05) is 17.3 Å².